The van der Waals surface area contributed by atoms with Gasteiger partial charge in [0.15, 0.2) is 9.84 Å². The normalized spacial score (nSPS) is 11.2. The Morgan fingerprint density at radius 2 is 1.33 bits per heavy atom. The number of carboxylic acids is 2. The molecule has 0 aliphatic carbocycles. The zero-order chi connectivity index (χ0) is 37.3. The minimum Gasteiger partial charge on any atom is -0.475 e. The number of aromatic nitrogens is 1. The SMILES string of the molecule is Cc1ccc(C(=O)Nc2ccc(-c3ccccc3S(C)(=O)=O)cc2)c(-c2cccc(C(=N)N)c2)n1.O=C(O)C(F)(F)F.O=C(O)C(F)(F)F. The molecular formula is C31H26F6N4O7S. The number of amides is 1. The van der Waals surface area contributed by atoms with Crippen molar-refractivity contribution in [2.24, 2.45) is 5.73 Å². The maximum atomic E-state index is 13.2. The van der Waals surface area contributed by atoms with Crippen molar-refractivity contribution in [3.63, 3.8) is 0 Å². The summed E-state index contributed by atoms with van der Waals surface area (Å²) in [5.74, 6) is -5.92. The number of amidine groups is 1. The van der Waals surface area contributed by atoms with Crippen LogP contribution in [0.1, 0.15) is 21.6 Å². The number of benzene rings is 3. The van der Waals surface area contributed by atoms with Crippen molar-refractivity contribution in [1.29, 1.82) is 5.41 Å². The van der Waals surface area contributed by atoms with Crippen LogP contribution in [0.2, 0.25) is 0 Å². The number of carbonyl (C=O) groups excluding carboxylic acids is 1. The topological polar surface area (TPSA) is 201 Å². The van der Waals surface area contributed by atoms with E-state index < -0.39 is 34.1 Å². The highest BCUT2D eigenvalue weighted by Crippen LogP contribution is 2.29. The summed E-state index contributed by atoms with van der Waals surface area (Å²) in [6, 6.07) is 24.3. The van der Waals surface area contributed by atoms with E-state index in [9.17, 15) is 39.6 Å². The van der Waals surface area contributed by atoms with E-state index in [1.165, 1.54) is 6.26 Å². The third-order valence-electron chi connectivity index (χ3n) is 5.95. The number of hydrogen-bond acceptors (Lipinski definition) is 7. The van der Waals surface area contributed by atoms with Crippen molar-refractivity contribution < 1.29 is 59.4 Å². The van der Waals surface area contributed by atoms with Gasteiger partial charge in [-0.2, -0.15) is 26.3 Å². The van der Waals surface area contributed by atoms with Crippen molar-refractivity contribution in [3.8, 4) is 22.4 Å². The number of anilines is 1. The maximum absolute atomic E-state index is 13.2. The van der Waals surface area contributed by atoms with Crippen molar-refractivity contribution in [2.45, 2.75) is 24.2 Å². The Hall–Kier alpha value is -5.78. The predicted molar refractivity (Wildman–Crippen MR) is 166 cm³/mol. The first-order valence-corrected chi connectivity index (χ1v) is 15.1. The van der Waals surface area contributed by atoms with Gasteiger partial charge in [0.2, 0.25) is 0 Å². The smallest absolute Gasteiger partial charge is 0.475 e. The van der Waals surface area contributed by atoms with Gasteiger partial charge in [0.05, 0.1) is 16.2 Å². The second-order valence-electron chi connectivity index (χ2n) is 9.75. The summed E-state index contributed by atoms with van der Waals surface area (Å²) in [5, 5.41) is 24.8. The standard InChI is InChI=1S/C27H24N4O3S.2C2HF3O2/c1-17-10-15-23(25(30-17)19-6-5-7-20(16-19)26(28)29)27(32)31-21-13-11-18(12-14-21)22-8-3-4-9-24(22)35(2,33)34;2*3-2(4,5)1(6)7/h3-16H,1-2H3,(H3,28,29)(H,31,32);2*(H,6,7). The molecule has 0 saturated carbocycles. The summed E-state index contributed by atoms with van der Waals surface area (Å²) in [7, 11) is -3.39. The summed E-state index contributed by atoms with van der Waals surface area (Å²) >= 11 is 0. The predicted octanol–water partition coefficient (Wildman–Crippen LogP) is 5.93. The first kappa shape index (κ1) is 39.4. The highest BCUT2D eigenvalue weighted by Gasteiger charge is 2.38. The number of rotatable bonds is 6. The number of hydrogen-bond donors (Lipinski definition) is 5. The average Bonchev–Trinajstić information content (AvgIpc) is 3.00. The number of alkyl halides is 6. The van der Waals surface area contributed by atoms with Crippen LogP contribution in [-0.2, 0) is 19.4 Å². The minimum absolute atomic E-state index is 0.0666. The molecule has 0 fully saturated rings. The Bertz CT molecular complexity index is 1940. The number of nitrogens with one attached hydrogen (secondary N) is 2. The number of nitrogens with zero attached hydrogens (tertiary/aromatic N) is 1. The number of pyridine rings is 1. The Labute approximate surface area is 274 Å². The van der Waals surface area contributed by atoms with Gasteiger partial charge in [-0.25, -0.2) is 18.0 Å². The quantitative estimate of drug-likeness (QED) is 0.0913. The minimum atomic E-state index is -5.08. The van der Waals surface area contributed by atoms with Gasteiger partial charge in [-0.1, -0.05) is 48.5 Å². The molecule has 1 heterocycles. The van der Waals surface area contributed by atoms with Gasteiger partial charge < -0.3 is 21.3 Å². The van der Waals surface area contributed by atoms with Gasteiger partial charge in [0, 0.05) is 34.3 Å². The monoisotopic (exact) mass is 712 g/mol. The maximum Gasteiger partial charge on any atom is 0.490 e. The Balaban J connectivity index is 0.000000500. The van der Waals surface area contributed by atoms with Crippen LogP contribution >= 0.6 is 0 Å². The van der Waals surface area contributed by atoms with Gasteiger partial charge in [-0.05, 0) is 48.9 Å². The van der Waals surface area contributed by atoms with Crippen LogP contribution in [0.15, 0.2) is 89.8 Å². The van der Waals surface area contributed by atoms with E-state index in [4.69, 9.17) is 30.9 Å². The summed E-state index contributed by atoms with van der Waals surface area (Å²) in [4.78, 5) is 35.8. The molecule has 0 saturated heterocycles. The van der Waals surface area contributed by atoms with Crippen LogP contribution in [0.4, 0.5) is 32.0 Å². The number of carboxylic acid groups (broad SMARTS) is 2. The first-order valence-electron chi connectivity index (χ1n) is 13.3. The van der Waals surface area contributed by atoms with Gasteiger partial charge in [-0.3, -0.25) is 15.2 Å². The molecule has 18 heteroatoms. The number of aryl methyl sites for hydroxylation is 1. The fraction of sp³-hybridized carbons (Fsp3) is 0.129. The zero-order valence-corrected chi connectivity index (χ0v) is 26.0. The molecule has 3 aromatic carbocycles. The largest absolute Gasteiger partial charge is 0.490 e. The molecule has 4 aromatic rings. The van der Waals surface area contributed by atoms with Crippen LogP contribution in [0.3, 0.4) is 0 Å². The first-order chi connectivity index (χ1) is 22.5. The molecule has 260 valence electrons. The highest BCUT2D eigenvalue weighted by atomic mass is 32.2. The zero-order valence-electron chi connectivity index (χ0n) is 25.2. The third-order valence-corrected chi connectivity index (χ3v) is 7.11. The van der Waals surface area contributed by atoms with E-state index in [1.54, 1.807) is 78.9 Å². The molecule has 0 aliphatic rings. The molecule has 1 aromatic heterocycles. The van der Waals surface area contributed by atoms with Gasteiger partial charge in [0.1, 0.15) is 5.84 Å². The average molecular weight is 713 g/mol. The molecule has 49 heavy (non-hydrogen) atoms. The van der Waals surface area contributed by atoms with E-state index in [1.807, 2.05) is 13.0 Å². The molecule has 4 rings (SSSR count). The fourth-order valence-electron chi connectivity index (χ4n) is 3.75. The molecule has 0 radical (unpaired) electrons. The summed E-state index contributed by atoms with van der Waals surface area (Å²) in [5.41, 5.74) is 10.3. The molecule has 11 nitrogen and oxygen atoms in total. The van der Waals surface area contributed by atoms with E-state index in [2.05, 4.69) is 10.3 Å². The van der Waals surface area contributed by atoms with Crippen molar-refractivity contribution >= 4 is 39.2 Å². The number of nitrogens with two attached hydrogens (primary N) is 1. The van der Waals surface area contributed by atoms with E-state index in [0.29, 0.717) is 33.6 Å². The van der Waals surface area contributed by atoms with Crippen LogP contribution < -0.4 is 11.1 Å². The fourth-order valence-corrected chi connectivity index (χ4v) is 4.67. The molecule has 6 N–H and O–H groups in total. The molecule has 0 unspecified atom stereocenters. The number of halogens is 6. The van der Waals surface area contributed by atoms with Crippen LogP contribution in [0.25, 0.3) is 22.4 Å². The van der Waals surface area contributed by atoms with Crippen LogP contribution in [-0.4, -0.2) is 65.9 Å². The molecular weight excluding hydrogens is 686 g/mol. The summed E-state index contributed by atoms with van der Waals surface area (Å²) in [6.45, 7) is 1.84. The van der Waals surface area contributed by atoms with Gasteiger partial charge >= 0.3 is 24.3 Å². The van der Waals surface area contributed by atoms with Crippen molar-refractivity contribution in [3.05, 3.63) is 102 Å². The third kappa shape index (κ3) is 11.8. The van der Waals surface area contributed by atoms with E-state index in [-0.39, 0.29) is 16.6 Å². The molecule has 0 aliphatic heterocycles. The number of sulfone groups is 1. The Morgan fingerprint density at radius 1 is 0.796 bits per heavy atom. The van der Waals surface area contributed by atoms with Crippen LogP contribution in [0, 0.1) is 12.3 Å². The Morgan fingerprint density at radius 3 is 1.82 bits per heavy atom. The highest BCUT2D eigenvalue weighted by molar-refractivity contribution is 7.90. The van der Waals surface area contributed by atoms with E-state index in [0.717, 1.165) is 11.3 Å². The lowest BCUT2D eigenvalue weighted by molar-refractivity contribution is -0.193. The van der Waals surface area contributed by atoms with Gasteiger partial charge in [-0.15, -0.1) is 0 Å². The molecule has 0 bridgehead atoms. The lowest BCUT2D eigenvalue weighted by Gasteiger charge is -2.12. The second-order valence-corrected chi connectivity index (χ2v) is 11.7. The van der Waals surface area contributed by atoms with E-state index >= 15 is 0 Å². The summed E-state index contributed by atoms with van der Waals surface area (Å²) < 4.78 is 87.8. The summed E-state index contributed by atoms with van der Waals surface area (Å²) in [6.07, 6.45) is -8.99. The lowest BCUT2D eigenvalue weighted by Crippen LogP contribution is -2.21. The van der Waals surface area contributed by atoms with Crippen LogP contribution in [0.5, 0.6) is 0 Å². The number of aliphatic carboxylic acids is 2. The Kier molecular flexibility index (Phi) is 12.8. The van der Waals surface area contributed by atoms with Crippen molar-refractivity contribution in [2.75, 3.05) is 11.6 Å². The second kappa shape index (κ2) is 15.9. The molecule has 0 atom stereocenters. The van der Waals surface area contributed by atoms with Crippen molar-refractivity contribution in [1.82, 2.24) is 4.98 Å². The number of nitrogen functional groups attached to an aromatic ring is 1. The van der Waals surface area contributed by atoms with Gasteiger partial charge in [0.25, 0.3) is 5.91 Å². The molecule has 0 spiro atoms. The number of carbonyl (C=O) groups is 3. The molecule has 1 amide bonds. The lowest BCUT2D eigenvalue weighted by atomic mass is 10.0.